The third-order valence-electron chi connectivity index (χ3n) is 3.79. The molecule has 0 spiro atoms. The number of benzene rings is 1. The Morgan fingerprint density at radius 3 is 2.86 bits per heavy atom. The summed E-state index contributed by atoms with van der Waals surface area (Å²) >= 11 is 0. The first kappa shape index (κ1) is 16.5. The van der Waals surface area contributed by atoms with Gasteiger partial charge in [0, 0.05) is 26.6 Å². The summed E-state index contributed by atoms with van der Waals surface area (Å²) in [6.45, 7) is 5.32. The molecule has 1 saturated heterocycles. The summed E-state index contributed by atoms with van der Waals surface area (Å²) in [7, 11) is 0. The molecular formula is C17H24N2O3. The number of nitrogens with one attached hydrogen (secondary N) is 1. The predicted octanol–water partition coefficient (Wildman–Crippen LogP) is 1.64. The molecule has 1 aliphatic heterocycles. The van der Waals surface area contributed by atoms with Gasteiger partial charge in [0.15, 0.2) is 0 Å². The SMILES string of the molecule is CC(=O)N(CC(=O)NCC1CCCO1)Cc1cccc(C)c1. The Hall–Kier alpha value is -1.88. The van der Waals surface area contributed by atoms with Crippen LogP contribution >= 0.6 is 0 Å². The van der Waals surface area contributed by atoms with Gasteiger partial charge in [-0.2, -0.15) is 0 Å². The van der Waals surface area contributed by atoms with Gasteiger partial charge >= 0.3 is 0 Å². The van der Waals surface area contributed by atoms with Crippen molar-refractivity contribution in [2.75, 3.05) is 19.7 Å². The van der Waals surface area contributed by atoms with Crippen LogP contribution in [0.15, 0.2) is 24.3 Å². The fourth-order valence-corrected chi connectivity index (χ4v) is 2.57. The van der Waals surface area contributed by atoms with Crippen molar-refractivity contribution in [1.82, 2.24) is 10.2 Å². The van der Waals surface area contributed by atoms with E-state index < -0.39 is 0 Å². The van der Waals surface area contributed by atoms with Crippen LogP contribution < -0.4 is 5.32 Å². The van der Waals surface area contributed by atoms with E-state index in [-0.39, 0.29) is 24.5 Å². The lowest BCUT2D eigenvalue weighted by Crippen LogP contribution is -2.41. The Bertz CT molecular complexity index is 524. The highest BCUT2D eigenvalue weighted by atomic mass is 16.5. The first-order valence-electron chi connectivity index (χ1n) is 7.74. The Balaban J connectivity index is 1.85. The standard InChI is InChI=1S/C17H24N2O3/c1-13-5-3-6-15(9-13)11-19(14(2)20)12-17(21)18-10-16-7-4-8-22-16/h3,5-6,9,16H,4,7-8,10-12H2,1-2H3,(H,18,21). The average Bonchev–Trinajstić information content (AvgIpc) is 2.97. The molecule has 1 N–H and O–H groups in total. The quantitative estimate of drug-likeness (QED) is 0.869. The Morgan fingerprint density at radius 1 is 1.41 bits per heavy atom. The van der Waals surface area contributed by atoms with Gasteiger partial charge in [0.1, 0.15) is 0 Å². The van der Waals surface area contributed by atoms with Gasteiger partial charge in [-0.15, -0.1) is 0 Å². The van der Waals surface area contributed by atoms with E-state index in [4.69, 9.17) is 4.74 Å². The zero-order chi connectivity index (χ0) is 15.9. The Morgan fingerprint density at radius 2 is 2.23 bits per heavy atom. The highest BCUT2D eigenvalue weighted by Gasteiger charge is 2.18. The van der Waals surface area contributed by atoms with E-state index in [1.54, 1.807) is 4.90 Å². The maximum absolute atomic E-state index is 12.0. The second kappa shape index (κ2) is 7.94. The van der Waals surface area contributed by atoms with Crippen LogP contribution in [0, 0.1) is 6.92 Å². The molecule has 5 nitrogen and oxygen atoms in total. The van der Waals surface area contributed by atoms with E-state index in [2.05, 4.69) is 5.32 Å². The summed E-state index contributed by atoms with van der Waals surface area (Å²) in [5.74, 6) is -0.243. The largest absolute Gasteiger partial charge is 0.376 e. The van der Waals surface area contributed by atoms with Crippen LogP contribution in [0.3, 0.4) is 0 Å². The van der Waals surface area contributed by atoms with Crippen LogP contribution in [-0.2, 0) is 20.9 Å². The Labute approximate surface area is 131 Å². The summed E-state index contributed by atoms with van der Waals surface area (Å²) in [4.78, 5) is 25.3. The summed E-state index contributed by atoms with van der Waals surface area (Å²) in [5.41, 5.74) is 2.17. The number of rotatable bonds is 6. The molecule has 0 aromatic heterocycles. The lowest BCUT2D eigenvalue weighted by atomic mass is 10.1. The van der Waals surface area contributed by atoms with Gasteiger partial charge in [-0.25, -0.2) is 0 Å². The molecular weight excluding hydrogens is 280 g/mol. The number of hydrogen-bond acceptors (Lipinski definition) is 3. The molecule has 1 fully saturated rings. The molecule has 1 aromatic carbocycles. The molecule has 5 heteroatoms. The van der Waals surface area contributed by atoms with Crippen molar-refractivity contribution in [3.05, 3.63) is 35.4 Å². The van der Waals surface area contributed by atoms with Crippen molar-refractivity contribution >= 4 is 11.8 Å². The Kier molecular flexibility index (Phi) is 5.95. The molecule has 0 saturated carbocycles. The van der Waals surface area contributed by atoms with Crippen LogP contribution in [-0.4, -0.2) is 42.5 Å². The predicted molar refractivity (Wildman–Crippen MR) is 84.3 cm³/mol. The number of aryl methyl sites for hydroxylation is 1. The van der Waals surface area contributed by atoms with E-state index in [0.717, 1.165) is 30.6 Å². The number of amides is 2. The zero-order valence-corrected chi connectivity index (χ0v) is 13.3. The van der Waals surface area contributed by atoms with Crippen molar-refractivity contribution < 1.29 is 14.3 Å². The molecule has 1 unspecified atom stereocenters. The molecule has 1 atom stereocenters. The first-order valence-corrected chi connectivity index (χ1v) is 7.74. The van der Waals surface area contributed by atoms with Gasteiger partial charge < -0.3 is 15.0 Å². The molecule has 2 amide bonds. The normalized spacial score (nSPS) is 17.3. The number of carbonyl (C=O) groups is 2. The summed E-state index contributed by atoms with van der Waals surface area (Å²) in [6, 6.07) is 7.96. The van der Waals surface area contributed by atoms with E-state index in [1.165, 1.54) is 6.92 Å². The molecule has 120 valence electrons. The van der Waals surface area contributed by atoms with Crippen LogP contribution in [0.25, 0.3) is 0 Å². The smallest absolute Gasteiger partial charge is 0.239 e. The van der Waals surface area contributed by atoms with Gasteiger partial charge in [-0.3, -0.25) is 9.59 Å². The molecule has 1 heterocycles. The van der Waals surface area contributed by atoms with Crippen molar-refractivity contribution in [3.8, 4) is 0 Å². The van der Waals surface area contributed by atoms with Crippen molar-refractivity contribution in [1.29, 1.82) is 0 Å². The maximum Gasteiger partial charge on any atom is 0.239 e. The summed E-state index contributed by atoms with van der Waals surface area (Å²) in [6.07, 6.45) is 2.15. The lowest BCUT2D eigenvalue weighted by Gasteiger charge is -2.21. The molecule has 2 rings (SSSR count). The lowest BCUT2D eigenvalue weighted by molar-refractivity contribution is -0.135. The van der Waals surface area contributed by atoms with E-state index in [1.807, 2.05) is 31.2 Å². The number of carbonyl (C=O) groups excluding carboxylic acids is 2. The average molecular weight is 304 g/mol. The number of nitrogens with zero attached hydrogens (tertiary/aromatic N) is 1. The molecule has 0 radical (unpaired) electrons. The minimum atomic E-state index is -0.140. The van der Waals surface area contributed by atoms with E-state index in [0.29, 0.717) is 13.1 Å². The second-order valence-corrected chi connectivity index (χ2v) is 5.80. The van der Waals surface area contributed by atoms with Crippen molar-refractivity contribution in [3.63, 3.8) is 0 Å². The molecule has 1 aromatic rings. The van der Waals surface area contributed by atoms with E-state index >= 15 is 0 Å². The van der Waals surface area contributed by atoms with Crippen LogP contribution in [0.5, 0.6) is 0 Å². The highest BCUT2D eigenvalue weighted by Crippen LogP contribution is 2.11. The van der Waals surface area contributed by atoms with Crippen molar-refractivity contribution in [2.24, 2.45) is 0 Å². The maximum atomic E-state index is 12.0. The van der Waals surface area contributed by atoms with Gasteiger partial charge in [0.2, 0.25) is 11.8 Å². The third kappa shape index (κ3) is 5.15. The van der Waals surface area contributed by atoms with Gasteiger partial charge in [-0.05, 0) is 25.3 Å². The van der Waals surface area contributed by atoms with Gasteiger partial charge in [0.05, 0.1) is 12.6 Å². The monoisotopic (exact) mass is 304 g/mol. The number of ether oxygens (including phenoxy) is 1. The third-order valence-corrected chi connectivity index (χ3v) is 3.79. The van der Waals surface area contributed by atoms with Gasteiger partial charge in [0.25, 0.3) is 0 Å². The van der Waals surface area contributed by atoms with Crippen LogP contribution in [0.2, 0.25) is 0 Å². The van der Waals surface area contributed by atoms with Gasteiger partial charge in [-0.1, -0.05) is 29.8 Å². The summed E-state index contributed by atoms with van der Waals surface area (Å²) < 4.78 is 5.47. The highest BCUT2D eigenvalue weighted by molar-refractivity contribution is 5.83. The topological polar surface area (TPSA) is 58.6 Å². The molecule has 0 bridgehead atoms. The molecule has 1 aliphatic rings. The minimum absolute atomic E-state index is 0.0794. The second-order valence-electron chi connectivity index (χ2n) is 5.80. The fourth-order valence-electron chi connectivity index (χ4n) is 2.57. The molecule has 0 aliphatic carbocycles. The summed E-state index contributed by atoms with van der Waals surface area (Å²) in [5, 5.41) is 2.85. The van der Waals surface area contributed by atoms with Crippen LogP contribution in [0.1, 0.15) is 30.9 Å². The number of hydrogen-bond donors (Lipinski definition) is 1. The minimum Gasteiger partial charge on any atom is -0.376 e. The zero-order valence-electron chi connectivity index (χ0n) is 13.3. The van der Waals surface area contributed by atoms with Crippen LogP contribution in [0.4, 0.5) is 0 Å². The fraction of sp³-hybridized carbons (Fsp3) is 0.529. The van der Waals surface area contributed by atoms with E-state index in [9.17, 15) is 9.59 Å². The van der Waals surface area contributed by atoms with Crippen molar-refractivity contribution in [2.45, 2.75) is 39.3 Å². The first-order chi connectivity index (χ1) is 10.5. The molecule has 22 heavy (non-hydrogen) atoms.